The van der Waals surface area contributed by atoms with Crippen LogP contribution in [0.2, 0.25) is 0 Å². The van der Waals surface area contributed by atoms with Crippen molar-refractivity contribution in [2.24, 2.45) is 5.73 Å². The number of carbonyl (C=O) groups excluding carboxylic acids is 2. The second kappa shape index (κ2) is 4.78. The van der Waals surface area contributed by atoms with Crippen molar-refractivity contribution in [2.45, 2.75) is 18.5 Å². The van der Waals surface area contributed by atoms with Crippen LogP contribution in [0.25, 0.3) is 0 Å². The Kier molecular flexibility index (Phi) is 3.06. The molecular formula is C14H15N3O4. The fourth-order valence-corrected chi connectivity index (χ4v) is 2.38. The minimum atomic E-state index is -1.20. The number of imide groups is 1. The standard InChI is InChI=1S/C14H15N3O4/c1-14(11-5-3-7-21-11)12(18)17(13(19)16-14)8-9(15)10-4-2-6-20-10/h2-7,9H,8,15H2,1H3,(H,16,19). The largest absolute Gasteiger partial charge is 0.468 e. The van der Waals surface area contributed by atoms with E-state index in [-0.39, 0.29) is 6.54 Å². The summed E-state index contributed by atoms with van der Waals surface area (Å²) in [6.45, 7) is 1.64. The number of furan rings is 2. The Balaban J connectivity index is 1.81. The van der Waals surface area contributed by atoms with Gasteiger partial charge in [-0.15, -0.1) is 0 Å². The molecule has 3 amide bonds. The van der Waals surface area contributed by atoms with Crippen molar-refractivity contribution in [3.8, 4) is 0 Å². The lowest BCUT2D eigenvalue weighted by molar-refractivity contribution is -0.131. The van der Waals surface area contributed by atoms with E-state index < -0.39 is 23.5 Å². The van der Waals surface area contributed by atoms with E-state index in [2.05, 4.69) is 5.32 Å². The Bertz CT molecular complexity index is 650. The Labute approximate surface area is 120 Å². The molecule has 1 saturated heterocycles. The normalized spacial score (nSPS) is 23.4. The van der Waals surface area contributed by atoms with E-state index >= 15 is 0 Å². The molecule has 2 aromatic heterocycles. The molecule has 0 radical (unpaired) electrons. The van der Waals surface area contributed by atoms with Crippen LogP contribution in [0.1, 0.15) is 24.5 Å². The molecule has 7 heteroatoms. The summed E-state index contributed by atoms with van der Waals surface area (Å²) in [4.78, 5) is 25.7. The summed E-state index contributed by atoms with van der Waals surface area (Å²) in [6, 6.07) is 5.64. The van der Waals surface area contributed by atoms with Gasteiger partial charge in [-0.25, -0.2) is 4.79 Å². The predicted octanol–water partition coefficient (Wildman–Crippen LogP) is 1.34. The molecule has 0 aromatic carbocycles. The number of hydrogen-bond donors (Lipinski definition) is 2. The lowest BCUT2D eigenvalue weighted by atomic mass is 9.99. The van der Waals surface area contributed by atoms with E-state index in [9.17, 15) is 9.59 Å². The summed E-state index contributed by atoms with van der Waals surface area (Å²) in [6.07, 6.45) is 2.95. The third kappa shape index (κ3) is 2.11. The van der Waals surface area contributed by atoms with E-state index in [1.165, 1.54) is 12.5 Å². The molecule has 2 atom stereocenters. The topological polar surface area (TPSA) is 102 Å². The lowest BCUT2D eigenvalue weighted by Gasteiger charge is -2.20. The van der Waals surface area contributed by atoms with Crippen LogP contribution in [0.5, 0.6) is 0 Å². The van der Waals surface area contributed by atoms with Crippen molar-refractivity contribution < 1.29 is 18.4 Å². The lowest BCUT2D eigenvalue weighted by Crippen LogP contribution is -2.41. The molecule has 3 rings (SSSR count). The van der Waals surface area contributed by atoms with Gasteiger partial charge in [-0.2, -0.15) is 0 Å². The quantitative estimate of drug-likeness (QED) is 0.827. The number of hydrogen-bond acceptors (Lipinski definition) is 5. The van der Waals surface area contributed by atoms with Crippen molar-refractivity contribution in [1.29, 1.82) is 0 Å². The van der Waals surface area contributed by atoms with Crippen LogP contribution >= 0.6 is 0 Å². The Morgan fingerprint density at radius 3 is 2.62 bits per heavy atom. The zero-order chi connectivity index (χ0) is 15.0. The molecule has 1 aliphatic heterocycles. The molecule has 0 saturated carbocycles. The number of carbonyl (C=O) groups is 2. The molecule has 2 unspecified atom stereocenters. The number of amides is 3. The van der Waals surface area contributed by atoms with E-state index in [1.807, 2.05) is 0 Å². The van der Waals surface area contributed by atoms with Gasteiger partial charge < -0.3 is 19.9 Å². The van der Waals surface area contributed by atoms with Gasteiger partial charge in [0.25, 0.3) is 5.91 Å². The van der Waals surface area contributed by atoms with Crippen molar-refractivity contribution in [3.63, 3.8) is 0 Å². The number of urea groups is 1. The molecule has 3 N–H and O–H groups in total. The summed E-state index contributed by atoms with van der Waals surface area (Å²) in [5, 5.41) is 2.64. The van der Waals surface area contributed by atoms with E-state index in [1.54, 1.807) is 31.2 Å². The highest BCUT2D eigenvalue weighted by atomic mass is 16.3. The molecule has 110 valence electrons. The van der Waals surface area contributed by atoms with Gasteiger partial charge in [0.1, 0.15) is 11.5 Å². The molecule has 7 nitrogen and oxygen atoms in total. The van der Waals surface area contributed by atoms with Gasteiger partial charge in [0.2, 0.25) is 0 Å². The third-order valence-corrected chi connectivity index (χ3v) is 3.58. The van der Waals surface area contributed by atoms with E-state index in [0.717, 1.165) is 4.90 Å². The average molecular weight is 289 g/mol. The highest BCUT2D eigenvalue weighted by Crippen LogP contribution is 2.30. The minimum Gasteiger partial charge on any atom is -0.468 e. The third-order valence-electron chi connectivity index (χ3n) is 3.58. The van der Waals surface area contributed by atoms with Gasteiger partial charge in [0.15, 0.2) is 5.54 Å². The first-order chi connectivity index (χ1) is 10.0. The average Bonchev–Trinajstić information content (AvgIpc) is 3.17. The Morgan fingerprint density at radius 2 is 2.00 bits per heavy atom. The van der Waals surface area contributed by atoms with Crippen LogP contribution in [0.3, 0.4) is 0 Å². The van der Waals surface area contributed by atoms with Gasteiger partial charge in [0.05, 0.1) is 25.1 Å². The fourth-order valence-electron chi connectivity index (χ4n) is 2.38. The monoisotopic (exact) mass is 289 g/mol. The number of nitrogens with zero attached hydrogens (tertiary/aromatic N) is 1. The first kappa shape index (κ1) is 13.4. The molecule has 0 bridgehead atoms. The zero-order valence-corrected chi connectivity index (χ0v) is 11.4. The summed E-state index contributed by atoms with van der Waals surface area (Å²) in [7, 11) is 0. The first-order valence-electron chi connectivity index (χ1n) is 6.49. The van der Waals surface area contributed by atoms with Gasteiger partial charge in [0, 0.05) is 0 Å². The molecule has 1 aliphatic rings. The number of rotatable bonds is 4. The van der Waals surface area contributed by atoms with Crippen molar-refractivity contribution in [2.75, 3.05) is 6.54 Å². The van der Waals surface area contributed by atoms with Crippen molar-refractivity contribution in [3.05, 3.63) is 48.3 Å². The zero-order valence-electron chi connectivity index (χ0n) is 11.4. The maximum Gasteiger partial charge on any atom is 0.325 e. The Morgan fingerprint density at radius 1 is 1.29 bits per heavy atom. The van der Waals surface area contributed by atoms with Gasteiger partial charge in [-0.05, 0) is 31.2 Å². The predicted molar refractivity (Wildman–Crippen MR) is 71.9 cm³/mol. The van der Waals surface area contributed by atoms with Crippen LogP contribution in [-0.2, 0) is 10.3 Å². The fraction of sp³-hybridized carbons (Fsp3) is 0.286. The number of nitrogens with one attached hydrogen (secondary N) is 1. The highest BCUT2D eigenvalue weighted by molar-refractivity contribution is 6.06. The summed E-state index contributed by atoms with van der Waals surface area (Å²) < 4.78 is 10.4. The molecule has 0 aliphatic carbocycles. The smallest absolute Gasteiger partial charge is 0.325 e. The SMILES string of the molecule is CC1(c2ccco2)NC(=O)N(CC(N)c2ccco2)C1=O. The summed E-state index contributed by atoms with van der Waals surface area (Å²) >= 11 is 0. The van der Waals surface area contributed by atoms with Crippen LogP contribution in [-0.4, -0.2) is 23.4 Å². The van der Waals surface area contributed by atoms with E-state index in [0.29, 0.717) is 11.5 Å². The Hall–Kier alpha value is -2.54. The highest BCUT2D eigenvalue weighted by Gasteiger charge is 2.51. The molecule has 1 fully saturated rings. The maximum atomic E-state index is 12.5. The minimum absolute atomic E-state index is 0.0362. The van der Waals surface area contributed by atoms with Crippen LogP contribution in [0, 0.1) is 0 Å². The van der Waals surface area contributed by atoms with Gasteiger partial charge in [-0.3, -0.25) is 9.69 Å². The van der Waals surface area contributed by atoms with Crippen LogP contribution < -0.4 is 11.1 Å². The molecule has 0 spiro atoms. The molecule has 2 aromatic rings. The number of nitrogens with two attached hydrogens (primary N) is 1. The summed E-state index contributed by atoms with van der Waals surface area (Å²) in [5.74, 6) is 0.501. The second-order valence-corrected chi connectivity index (χ2v) is 5.07. The summed E-state index contributed by atoms with van der Waals surface area (Å²) in [5.41, 5.74) is 4.75. The second-order valence-electron chi connectivity index (χ2n) is 5.07. The van der Waals surface area contributed by atoms with Crippen LogP contribution in [0.4, 0.5) is 4.79 Å². The first-order valence-corrected chi connectivity index (χ1v) is 6.49. The van der Waals surface area contributed by atoms with E-state index in [4.69, 9.17) is 14.6 Å². The molecule has 3 heterocycles. The van der Waals surface area contributed by atoms with Crippen molar-refractivity contribution in [1.82, 2.24) is 10.2 Å². The van der Waals surface area contributed by atoms with Gasteiger partial charge >= 0.3 is 6.03 Å². The maximum absolute atomic E-state index is 12.5. The van der Waals surface area contributed by atoms with Crippen molar-refractivity contribution >= 4 is 11.9 Å². The van der Waals surface area contributed by atoms with Gasteiger partial charge in [-0.1, -0.05) is 0 Å². The molecule has 21 heavy (non-hydrogen) atoms. The molecular weight excluding hydrogens is 274 g/mol. The van der Waals surface area contributed by atoms with Crippen LogP contribution in [0.15, 0.2) is 45.6 Å².